The van der Waals surface area contributed by atoms with Gasteiger partial charge in [0.15, 0.2) is 5.78 Å². The lowest BCUT2D eigenvalue weighted by atomic mass is 10.3. The summed E-state index contributed by atoms with van der Waals surface area (Å²) in [5.74, 6) is 0.434. The Bertz CT molecular complexity index is 389. The van der Waals surface area contributed by atoms with Crippen molar-refractivity contribution in [1.29, 1.82) is 0 Å². The number of ether oxygens (including phenoxy) is 2. The lowest BCUT2D eigenvalue weighted by Gasteiger charge is -2.09. The van der Waals surface area contributed by atoms with Crippen molar-refractivity contribution >= 4 is 40.1 Å². The van der Waals surface area contributed by atoms with E-state index in [2.05, 4.69) is 13.2 Å². The average molecular weight is 302 g/mol. The zero-order valence-electron chi connectivity index (χ0n) is 11.4. The number of carbonyl (C=O) groups excluding carboxylic acids is 2. The molecule has 0 aliphatic carbocycles. The zero-order valence-corrected chi connectivity index (χ0v) is 13.0. The summed E-state index contributed by atoms with van der Waals surface area (Å²) in [5, 5.41) is 0. The topological polar surface area (TPSA) is 52.6 Å². The molecular weight excluding hydrogens is 284 g/mol. The van der Waals surface area contributed by atoms with Crippen LogP contribution in [-0.4, -0.2) is 34.6 Å². The SMILES string of the molecule is C=C(C)C(=O)OCC1CSC(=S)O1.C=C(C)C(C)=O. The fourth-order valence-electron chi connectivity index (χ4n) is 0.739. The lowest BCUT2D eigenvalue weighted by molar-refractivity contribution is -0.141. The average Bonchev–Trinajstić information content (AvgIpc) is 2.72. The minimum Gasteiger partial charge on any atom is -0.471 e. The summed E-state index contributed by atoms with van der Waals surface area (Å²) >= 11 is 6.27. The number of ketones is 1. The molecule has 106 valence electrons. The molecular formula is C13H18O4S2. The molecule has 1 heterocycles. The predicted octanol–water partition coefficient (Wildman–Crippen LogP) is 2.67. The van der Waals surface area contributed by atoms with E-state index in [1.165, 1.54) is 18.7 Å². The van der Waals surface area contributed by atoms with Gasteiger partial charge >= 0.3 is 5.97 Å². The van der Waals surface area contributed by atoms with Crippen LogP contribution in [0.15, 0.2) is 24.3 Å². The Morgan fingerprint density at radius 1 is 1.37 bits per heavy atom. The molecule has 1 aliphatic rings. The summed E-state index contributed by atoms with van der Waals surface area (Å²) in [7, 11) is 0. The van der Waals surface area contributed by atoms with E-state index in [9.17, 15) is 9.59 Å². The smallest absolute Gasteiger partial charge is 0.333 e. The molecule has 0 amide bonds. The Labute approximate surface area is 123 Å². The molecule has 0 aromatic rings. The number of hydrogen-bond donors (Lipinski definition) is 0. The van der Waals surface area contributed by atoms with Crippen LogP contribution in [0.5, 0.6) is 0 Å². The Balaban J connectivity index is 0.000000459. The highest BCUT2D eigenvalue weighted by molar-refractivity contribution is 8.22. The molecule has 1 fully saturated rings. The monoisotopic (exact) mass is 302 g/mol. The first-order valence-electron chi connectivity index (χ1n) is 5.56. The Morgan fingerprint density at radius 2 is 1.89 bits per heavy atom. The molecule has 0 aromatic carbocycles. The molecule has 1 rings (SSSR count). The highest BCUT2D eigenvalue weighted by Crippen LogP contribution is 2.20. The first kappa shape index (κ1) is 17.9. The summed E-state index contributed by atoms with van der Waals surface area (Å²) in [4.78, 5) is 21.0. The van der Waals surface area contributed by atoms with E-state index in [0.717, 1.165) is 5.75 Å². The van der Waals surface area contributed by atoms with E-state index in [0.29, 0.717) is 15.5 Å². The molecule has 4 nitrogen and oxygen atoms in total. The predicted molar refractivity (Wildman–Crippen MR) is 81.2 cm³/mol. The third-order valence-corrected chi connectivity index (χ3v) is 3.32. The van der Waals surface area contributed by atoms with Crippen molar-refractivity contribution in [1.82, 2.24) is 0 Å². The number of allylic oxidation sites excluding steroid dienone is 1. The molecule has 1 atom stereocenters. The molecule has 0 aromatic heterocycles. The van der Waals surface area contributed by atoms with Gasteiger partial charge in [0.25, 0.3) is 0 Å². The molecule has 1 aliphatic heterocycles. The van der Waals surface area contributed by atoms with Crippen LogP contribution in [-0.2, 0) is 19.1 Å². The van der Waals surface area contributed by atoms with Crippen LogP contribution in [0, 0.1) is 0 Å². The van der Waals surface area contributed by atoms with Crippen molar-refractivity contribution in [2.45, 2.75) is 26.9 Å². The van der Waals surface area contributed by atoms with E-state index in [1.54, 1.807) is 13.8 Å². The highest BCUT2D eigenvalue weighted by Gasteiger charge is 2.22. The number of Topliss-reactive ketones (excluding diaryl/α,β-unsaturated/α-hetero) is 1. The third-order valence-electron chi connectivity index (χ3n) is 2.00. The molecule has 1 saturated heterocycles. The van der Waals surface area contributed by atoms with Gasteiger partial charge in [-0.1, -0.05) is 24.9 Å². The van der Waals surface area contributed by atoms with Gasteiger partial charge in [0.1, 0.15) is 12.7 Å². The van der Waals surface area contributed by atoms with Crippen LogP contribution >= 0.6 is 24.0 Å². The van der Waals surface area contributed by atoms with Crippen molar-refractivity contribution in [2.75, 3.05) is 12.4 Å². The standard InChI is InChI=1S/C8H10O3S2.C5H8O/c1-5(2)7(9)10-3-6-4-13-8(12)11-6;1-4(2)5(3)6/h6H,1,3-4H2,2H3;1H2,2-3H3. The molecule has 0 saturated carbocycles. The second-order valence-corrected chi connectivity index (χ2v) is 5.64. The van der Waals surface area contributed by atoms with E-state index < -0.39 is 0 Å². The third kappa shape index (κ3) is 8.56. The highest BCUT2D eigenvalue weighted by atomic mass is 32.2. The fourth-order valence-corrected chi connectivity index (χ4v) is 1.77. The minimum absolute atomic E-state index is 0.0648. The Morgan fingerprint density at radius 3 is 2.21 bits per heavy atom. The lowest BCUT2D eigenvalue weighted by Crippen LogP contribution is -2.20. The summed E-state index contributed by atoms with van der Waals surface area (Å²) in [6.45, 7) is 11.9. The van der Waals surface area contributed by atoms with Gasteiger partial charge in [-0.15, -0.1) is 0 Å². The number of carbonyl (C=O) groups is 2. The van der Waals surface area contributed by atoms with Crippen molar-refractivity contribution in [3.8, 4) is 0 Å². The van der Waals surface area contributed by atoms with Crippen LogP contribution in [0.25, 0.3) is 0 Å². The maximum absolute atomic E-state index is 11.0. The van der Waals surface area contributed by atoms with Gasteiger partial charge in [-0.25, -0.2) is 4.79 Å². The normalized spacial score (nSPS) is 16.8. The summed E-state index contributed by atoms with van der Waals surface area (Å²) < 4.78 is 10.6. The van der Waals surface area contributed by atoms with Crippen LogP contribution < -0.4 is 0 Å². The first-order chi connectivity index (χ1) is 8.73. The maximum Gasteiger partial charge on any atom is 0.333 e. The zero-order chi connectivity index (χ0) is 15.0. The van der Waals surface area contributed by atoms with Crippen molar-refractivity contribution in [3.05, 3.63) is 24.3 Å². The largest absolute Gasteiger partial charge is 0.471 e. The summed E-state index contributed by atoms with van der Waals surface area (Å²) in [6, 6.07) is 0. The van der Waals surface area contributed by atoms with Crippen molar-refractivity contribution in [3.63, 3.8) is 0 Å². The number of hydrogen-bond acceptors (Lipinski definition) is 6. The van der Waals surface area contributed by atoms with Crippen molar-refractivity contribution in [2.24, 2.45) is 0 Å². The Kier molecular flexibility index (Phi) is 8.34. The second kappa shape index (κ2) is 8.87. The van der Waals surface area contributed by atoms with E-state index in [4.69, 9.17) is 21.7 Å². The quantitative estimate of drug-likeness (QED) is 0.452. The van der Waals surface area contributed by atoms with Gasteiger partial charge in [-0.3, -0.25) is 4.79 Å². The molecule has 0 radical (unpaired) electrons. The van der Waals surface area contributed by atoms with Gasteiger partial charge in [0, 0.05) is 11.3 Å². The van der Waals surface area contributed by atoms with Gasteiger partial charge in [-0.2, -0.15) is 0 Å². The molecule has 0 bridgehead atoms. The van der Waals surface area contributed by atoms with E-state index >= 15 is 0 Å². The number of esters is 1. The van der Waals surface area contributed by atoms with Gasteiger partial charge in [-0.05, 0) is 38.6 Å². The summed E-state index contributed by atoms with van der Waals surface area (Å²) in [5.41, 5.74) is 1.02. The first-order valence-corrected chi connectivity index (χ1v) is 6.96. The van der Waals surface area contributed by atoms with Gasteiger partial charge in [0.2, 0.25) is 4.38 Å². The van der Waals surface area contributed by atoms with Gasteiger partial charge < -0.3 is 9.47 Å². The molecule has 0 spiro atoms. The van der Waals surface area contributed by atoms with Crippen LogP contribution in [0.1, 0.15) is 20.8 Å². The molecule has 0 N–H and O–H groups in total. The molecule has 6 heteroatoms. The number of thiocarbonyl (C=S) groups is 1. The number of thioether (sulfide) groups is 1. The van der Waals surface area contributed by atoms with Crippen LogP contribution in [0.4, 0.5) is 0 Å². The van der Waals surface area contributed by atoms with Crippen LogP contribution in [0.2, 0.25) is 0 Å². The fraction of sp³-hybridized carbons (Fsp3) is 0.462. The van der Waals surface area contributed by atoms with Gasteiger partial charge in [0.05, 0.1) is 0 Å². The maximum atomic E-state index is 11.0. The van der Waals surface area contributed by atoms with Crippen molar-refractivity contribution < 1.29 is 19.1 Å². The number of rotatable bonds is 4. The Hall–Kier alpha value is -1.14. The molecule has 1 unspecified atom stereocenters. The van der Waals surface area contributed by atoms with Crippen LogP contribution in [0.3, 0.4) is 0 Å². The van der Waals surface area contributed by atoms with E-state index in [1.807, 2.05) is 0 Å². The summed E-state index contributed by atoms with van der Waals surface area (Å²) in [6.07, 6.45) is -0.0965. The molecule has 19 heavy (non-hydrogen) atoms. The second-order valence-electron chi connectivity index (χ2n) is 4.02. The minimum atomic E-state index is -0.383. The van der Waals surface area contributed by atoms with E-state index in [-0.39, 0.29) is 24.5 Å².